The molecule has 1 fully saturated rings. The quantitative estimate of drug-likeness (QED) is 0.846. The van der Waals surface area contributed by atoms with Gasteiger partial charge in [0.2, 0.25) is 5.95 Å². The smallest absolute Gasteiger partial charge is 0.254 e. The molecule has 1 amide bonds. The average Bonchev–Trinajstić information content (AvgIpc) is 2.58. The minimum Gasteiger partial charge on any atom is -0.349 e. The van der Waals surface area contributed by atoms with E-state index in [9.17, 15) is 4.79 Å². The minimum absolute atomic E-state index is 0.0907. The summed E-state index contributed by atoms with van der Waals surface area (Å²) < 4.78 is 1.01. The van der Waals surface area contributed by atoms with Crippen molar-refractivity contribution >= 4 is 33.5 Å². The van der Waals surface area contributed by atoms with Gasteiger partial charge >= 0.3 is 0 Å². The topological polar surface area (TPSA) is 66.9 Å². The molecular formula is C17H19BrN4O. The van der Waals surface area contributed by atoms with E-state index in [1.54, 1.807) is 12.4 Å². The molecule has 0 atom stereocenters. The van der Waals surface area contributed by atoms with Crippen molar-refractivity contribution in [2.24, 2.45) is 0 Å². The highest BCUT2D eigenvalue weighted by Crippen LogP contribution is 2.18. The highest BCUT2D eigenvalue weighted by molar-refractivity contribution is 9.10. The second-order valence-electron chi connectivity index (χ2n) is 5.74. The fraction of sp³-hybridized carbons (Fsp3) is 0.353. The van der Waals surface area contributed by atoms with E-state index in [-0.39, 0.29) is 11.9 Å². The highest BCUT2D eigenvalue weighted by atomic mass is 79.9. The van der Waals surface area contributed by atoms with E-state index < -0.39 is 0 Å². The van der Waals surface area contributed by atoms with Gasteiger partial charge in [-0.15, -0.1) is 0 Å². The summed E-state index contributed by atoms with van der Waals surface area (Å²) in [6.07, 6.45) is 8.91. The fourth-order valence-electron chi connectivity index (χ4n) is 2.69. The van der Waals surface area contributed by atoms with Crippen LogP contribution in [0.4, 0.5) is 11.6 Å². The van der Waals surface area contributed by atoms with Gasteiger partial charge in [-0.25, -0.2) is 9.97 Å². The molecule has 3 rings (SSSR count). The Balaban J connectivity index is 1.59. The van der Waals surface area contributed by atoms with Crippen molar-refractivity contribution in [3.05, 3.63) is 46.7 Å². The number of halogens is 1. The lowest BCUT2D eigenvalue weighted by Crippen LogP contribution is -2.36. The molecule has 120 valence electrons. The van der Waals surface area contributed by atoms with Crippen LogP contribution in [0.1, 0.15) is 42.5 Å². The lowest BCUT2D eigenvalue weighted by Gasteiger charge is -2.22. The number of rotatable bonds is 4. The van der Waals surface area contributed by atoms with Crippen molar-refractivity contribution < 1.29 is 4.79 Å². The standard InChI is InChI=1S/C17H19BrN4O/c18-13-6-8-15(9-7-13)22-17-19-10-12(11-20-17)16(23)21-14-4-2-1-3-5-14/h6-11,14H,1-5H2,(H,21,23)(H,19,20,22). The molecule has 2 N–H and O–H groups in total. The number of amides is 1. The first-order chi connectivity index (χ1) is 11.2. The summed E-state index contributed by atoms with van der Waals surface area (Å²) in [4.78, 5) is 20.6. The monoisotopic (exact) mass is 374 g/mol. The van der Waals surface area contributed by atoms with Gasteiger partial charge in [0, 0.05) is 28.6 Å². The number of hydrogen-bond donors (Lipinski definition) is 2. The van der Waals surface area contributed by atoms with Gasteiger partial charge in [0.25, 0.3) is 5.91 Å². The lowest BCUT2D eigenvalue weighted by molar-refractivity contribution is 0.0927. The van der Waals surface area contributed by atoms with Gasteiger partial charge in [0.15, 0.2) is 0 Å². The van der Waals surface area contributed by atoms with Crippen LogP contribution in [-0.4, -0.2) is 21.9 Å². The molecule has 0 saturated heterocycles. The second-order valence-corrected chi connectivity index (χ2v) is 6.65. The molecule has 1 heterocycles. The normalized spacial score (nSPS) is 15.2. The van der Waals surface area contributed by atoms with Gasteiger partial charge in [0.05, 0.1) is 5.56 Å². The summed E-state index contributed by atoms with van der Waals surface area (Å²) in [5.74, 6) is 0.383. The number of nitrogens with one attached hydrogen (secondary N) is 2. The van der Waals surface area contributed by atoms with Crippen LogP contribution in [0.3, 0.4) is 0 Å². The van der Waals surface area contributed by atoms with E-state index in [4.69, 9.17) is 0 Å². The van der Waals surface area contributed by atoms with E-state index in [0.717, 1.165) is 23.0 Å². The Labute approximate surface area is 144 Å². The van der Waals surface area contributed by atoms with Crippen LogP contribution >= 0.6 is 15.9 Å². The Hall–Kier alpha value is -1.95. The first-order valence-corrected chi connectivity index (χ1v) is 8.65. The highest BCUT2D eigenvalue weighted by Gasteiger charge is 2.17. The maximum atomic E-state index is 12.2. The number of carbonyl (C=O) groups is 1. The summed E-state index contributed by atoms with van der Waals surface area (Å²) >= 11 is 3.39. The Morgan fingerprint density at radius 1 is 1.04 bits per heavy atom. The number of benzene rings is 1. The lowest BCUT2D eigenvalue weighted by atomic mass is 9.95. The molecule has 0 radical (unpaired) electrons. The summed E-state index contributed by atoms with van der Waals surface area (Å²) in [7, 11) is 0. The van der Waals surface area contributed by atoms with Crippen molar-refractivity contribution in [3.8, 4) is 0 Å². The van der Waals surface area contributed by atoms with Gasteiger partial charge in [-0.05, 0) is 37.1 Å². The maximum absolute atomic E-state index is 12.2. The van der Waals surface area contributed by atoms with Crippen LogP contribution in [0, 0.1) is 0 Å². The fourth-order valence-corrected chi connectivity index (χ4v) is 2.95. The molecule has 0 aliphatic heterocycles. The average molecular weight is 375 g/mol. The van der Waals surface area contributed by atoms with Crippen LogP contribution in [0.15, 0.2) is 41.1 Å². The molecule has 5 nitrogen and oxygen atoms in total. The molecule has 2 aromatic rings. The zero-order valence-corrected chi connectivity index (χ0v) is 14.3. The van der Waals surface area contributed by atoms with Gasteiger partial charge < -0.3 is 10.6 Å². The SMILES string of the molecule is O=C(NC1CCCCC1)c1cnc(Nc2ccc(Br)cc2)nc1. The Morgan fingerprint density at radius 3 is 2.35 bits per heavy atom. The minimum atomic E-state index is -0.0907. The predicted molar refractivity (Wildman–Crippen MR) is 93.8 cm³/mol. The Bertz CT molecular complexity index is 651. The van der Waals surface area contributed by atoms with E-state index in [0.29, 0.717) is 11.5 Å². The van der Waals surface area contributed by atoms with Crippen LogP contribution in [0.25, 0.3) is 0 Å². The third-order valence-electron chi connectivity index (χ3n) is 3.95. The van der Waals surface area contributed by atoms with Crippen molar-refractivity contribution in [1.29, 1.82) is 0 Å². The summed E-state index contributed by atoms with van der Waals surface area (Å²) in [5.41, 5.74) is 1.39. The van der Waals surface area contributed by atoms with Crippen molar-refractivity contribution in [2.75, 3.05) is 5.32 Å². The van der Waals surface area contributed by atoms with Crippen molar-refractivity contribution in [3.63, 3.8) is 0 Å². The van der Waals surface area contributed by atoms with Crippen LogP contribution in [-0.2, 0) is 0 Å². The molecule has 0 bridgehead atoms. The first-order valence-electron chi connectivity index (χ1n) is 7.86. The predicted octanol–water partition coefficient (Wildman–Crippen LogP) is 4.05. The van der Waals surface area contributed by atoms with Gasteiger partial charge in [-0.2, -0.15) is 0 Å². The molecule has 1 aliphatic carbocycles. The summed E-state index contributed by atoms with van der Waals surface area (Å²) in [6, 6.07) is 8.02. The molecule has 1 saturated carbocycles. The van der Waals surface area contributed by atoms with Gasteiger partial charge in [0.1, 0.15) is 0 Å². The van der Waals surface area contributed by atoms with E-state index >= 15 is 0 Å². The van der Waals surface area contributed by atoms with Crippen molar-refractivity contribution in [1.82, 2.24) is 15.3 Å². The van der Waals surface area contributed by atoms with Crippen LogP contribution in [0.5, 0.6) is 0 Å². The van der Waals surface area contributed by atoms with Crippen LogP contribution in [0.2, 0.25) is 0 Å². The van der Waals surface area contributed by atoms with E-state index in [2.05, 4.69) is 36.5 Å². The van der Waals surface area contributed by atoms with Gasteiger partial charge in [-0.3, -0.25) is 4.79 Å². The third kappa shape index (κ3) is 4.51. The maximum Gasteiger partial charge on any atom is 0.254 e. The number of nitrogens with zero attached hydrogens (tertiary/aromatic N) is 2. The largest absolute Gasteiger partial charge is 0.349 e. The Kier molecular flexibility index (Phi) is 5.23. The molecule has 0 unspecified atom stereocenters. The van der Waals surface area contributed by atoms with E-state index in [1.165, 1.54) is 19.3 Å². The number of anilines is 2. The zero-order chi connectivity index (χ0) is 16.1. The van der Waals surface area contributed by atoms with E-state index in [1.807, 2.05) is 24.3 Å². The zero-order valence-electron chi connectivity index (χ0n) is 12.8. The number of hydrogen-bond acceptors (Lipinski definition) is 4. The molecule has 1 aromatic carbocycles. The molecule has 0 spiro atoms. The number of aromatic nitrogens is 2. The molecule has 6 heteroatoms. The summed E-state index contributed by atoms with van der Waals surface area (Å²) in [5, 5.41) is 6.17. The Morgan fingerprint density at radius 2 is 1.70 bits per heavy atom. The summed E-state index contributed by atoms with van der Waals surface area (Å²) in [6.45, 7) is 0. The van der Waals surface area contributed by atoms with Gasteiger partial charge in [-0.1, -0.05) is 35.2 Å². The molecule has 1 aliphatic rings. The molecule has 23 heavy (non-hydrogen) atoms. The third-order valence-corrected chi connectivity index (χ3v) is 4.48. The number of carbonyl (C=O) groups excluding carboxylic acids is 1. The van der Waals surface area contributed by atoms with Crippen molar-refractivity contribution in [2.45, 2.75) is 38.1 Å². The molecule has 1 aromatic heterocycles. The first kappa shape index (κ1) is 15.9. The second kappa shape index (κ2) is 7.55. The molecular weight excluding hydrogens is 356 g/mol. The van der Waals surface area contributed by atoms with Crippen LogP contribution < -0.4 is 10.6 Å².